The van der Waals surface area contributed by atoms with E-state index in [1.165, 1.54) is 25.9 Å². The molecule has 1 nitrogen and oxygen atoms in total. The van der Waals surface area contributed by atoms with Crippen LogP contribution in [0.15, 0.2) is 0 Å². The Morgan fingerprint density at radius 1 is 1.17 bits per heavy atom. The zero-order valence-corrected chi connectivity index (χ0v) is 8.59. The lowest BCUT2D eigenvalue weighted by Gasteiger charge is -2.22. The third-order valence-corrected chi connectivity index (χ3v) is 3.97. The van der Waals surface area contributed by atoms with Gasteiger partial charge in [0.05, 0.1) is 0 Å². The lowest BCUT2D eigenvalue weighted by Crippen LogP contribution is -2.29. The fourth-order valence-corrected chi connectivity index (χ4v) is 2.99. The Balaban J connectivity index is 1.98. The van der Waals surface area contributed by atoms with Gasteiger partial charge in [-0.3, -0.25) is 0 Å². The Labute approximate surface area is 76.1 Å². The summed E-state index contributed by atoms with van der Waals surface area (Å²) in [5.41, 5.74) is 0. The molecule has 0 bridgehead atoms. The Morgan fingerprint density at radius 3 is 2.50 bits per heavy atom. The maximum absolute atomic E-state index is 2.66. The molecule has 3 atom stereocenters. The van der Waals surface area contributed by atoms with Crippen molar-refractivity contribution in [2.75, 3.05) is 13.1 Å². The second-order valence-corrected chi connectivity index (χ2v) is 5.03. The predicted octanol–water partition coefficient (Wildman–Crippen LogP) is 2.37. The van der Waals surface area contributed by atoms with Gasteiger partial charge in [-0.25, -0.2) is 0 Å². The van der Waals surface area contributed by atoms with E-state index in [9.17, 15) is 0 Å². The Hall–Kier alpha value is -0.0400. The van der Waals surface area contributed by atoms with Crippen LogP contribution < -0.4 is 0 Å². The molecule has 70 valence electrons. The molecule has 2 aliphatic rings. The highest BCUT2D eigenvalue weighted by atomic mass is 15.2. The van der Waals surface area contributed by atoms with E-state index in [4.69, 9.17) is 0 Å². The smallest absolute Gasteiger partial charge is 0.00388 e. The first-order chi connectivity index (χ1) is 5.68. The highest BCUT2D eigenvalue weighted by molar-refractivity contribution is 4.92. The van der Waals surface area contributed by atoms with Gasteiger partial charge in [-0.1, -0.05) is 13.3 Å². The van der Waals surface area contributed by atoms with Crippen molar-refractivity contribution in [1.29, 1.82) is 0 Å². The molecule has 12 heavy (non-hydrogen) atoms. The van der Waals surface area contributed by atoms with E-state index in [-0.39, 0.29) is 0 Å². The summed E-state index contributed by atoms with van der Waals surface area (Å²) in [7, 11) is 0. The monoisotopic (exact) mass is 167 g/mol. The standard InChI is InChI=1S/C11H21N/c1-8(2)12-6-10-5-4-9(3)11(10)7-12/h8-11H,4-7H2,1-3H3. The van der Waals surface area contributed by atoms with Crippen molar-refractivity contribution in [1.82, 2.24) is 4.90 Å². The van der Waals surface area contributed by atoms with E-state index in [2.05, 4.69) is 25.7 Å². The first kappa shape index (κ1) is 8.55. The summed E-state index contributed by atoms with van der Waals surface area (Å²) in [6.07, 6.45) is 2.98. The second-order valence-electron chi connectivity index (χ2n) is 5.03. The molecule has 0 radical (unpaired) electrons. The summed E-state index contributed by atoms with van der Waals surface area (Å²) in [6, 6.07) is 0.766. The van der Waals surface area contributed by atoms with Crippen molar-refractivity contribution in [2.24, 2.45) is 17.8 Å². The Kier molecular flexibility index (Phi) is 2.16. The van der Waals surface area contributed by atoms with Gasteiger partial charge in [0.2, 0.25) is 0 Å². The highest BCUT2D eigenvalue weighted by Gasteiger charge is 2.40. The van der Waals surface area contributed by atoms with Crippen molar-refractivity contribution < 1.29 is 0 Å². The molecule has 0 amide bonds. The molecule has 2 rings (SSSR count). The maximum Gasteiger partial charge on any atom is 0.00388 e. The summed E-state index contributed by atoms with van der Waals surface area (Å²) < 4.78 is 0. The van der Waals surface area contributed by atoms with E-state index < -0.39 is 0 Å². The molecular weight excluding hydrogens is 146 g/mol. The van der Waals surface area contributed by atoms with Crippen molar-refractivity contribution in [2.45, 2.75) is 39.7 Å². The summed E-state index contributed by atoms with van der Waals surface area (Å²) in [5.74, 6) is 3.08. The molecule has 1 saturated carbocycles. The van der Waals surface area contributed by atoms with Crippen LogP contribution in [0.2, 0.25) is 0 Å². The highest BCUT2D eigenvalue weighted by Crippen LogP contribution is 2.42. The largest absolute Gasteiger partial charge is 0.300 e. The van der Waals surface area contributed by atoms with Crippen molar-refractivity contribution in [3.05, 3.63) is 0 Å². The van der Waals surface area contributed by atoms with Crippen LogP contribution >= 0.6 is 0 Å². The molecule has 1 saturated heterocycles. The summed E-state index contributed by atoms with van der Waals surface area (Å²) in [4.78, 5) is 2.66. The fourth-order valence-electron chi connectivity index (χ4n) is 2.99. The van der Waals surface area contributed by atoms with Gasteiger partial charge in [0.25, 0.3) is 0 Å². The van der Waals surface area contributed by atoms with E-state index >= 15 is 0 Å². The average molecular weight is 167 g/mol. The number of rotatable bonds is 1. The van der Waals surface area contributed by atoms with E-state index in [0.29, 0.717) is 0 Å². The third-order valence-electron chi connectivity index (χ3n) is 3.97. The average Bonchev–Trinajstić information content (AvgIpc) is 2.53. The topological polar surface area (TPSA) is 3.24 Å². The zero-order chi connectivity index (χ0) is 8.72. The van der Waals surface area contributed by atoms with Gasteiger partial charge in [-0.2, -0.15) is 0 Å². The number of hydrogen-bond acceptors (Lipinski definition) is 1. The lowest BCUT2D eigenvalue weighted by atomic mass is 9.94. The lowest BCUT2D eigenvalue weighted by molar-refractivity contribution is 0.245. The minimum absolute atomic E-state index is 0.766. The van der Waals surface area contributed by atoms with Crippen LogP contribution in [0.25, 0.3) is 0 Å². The fraction of sp³-hybridized carbons (Fsp3) is 1.00. The number of likely N-dealkylation sites (tertiary alicyclic amines) is 1. The van der Waals surface area contributed by atoms with Crippen LogP contribution in [0.3, 0.4) is 0 Å². The van der Waals surface area contributed by atoms with Crippen LogP contribution in [0.4, 0.5) is 0 Å². The summed E-state index contributed by atoms with van der Waals surface area (Å²) >= 11 is 0. The van der Waals surface area contributed by atoms with E-state index in [0.717, 1.165) is 23.8 Å². The molecular formula is C11H21N. The molecule has 2 fully saturated rings. The third kappa shape index (κ3) is 1.28. The van der Waals surface area contributed by atoms with Crippen LogP contribution in [0, 0.1) is 17.8 Å². The molecule has 1 aliphatic carbocycles. The normalized spacial score (nSPS) is 42.5. The first-order valence-electron chi connectivity index (χ1n) is 5.42. The molecule has 1 aliphatic heterocycles. The van der Waals surface area contributed by atoms with Crippen molar-refractivity contribution >= 4 is 0 Å². The molecule has 3 unspecified atom stereocenters. The van der Waals surface area contributed by atoms with Crippen LogP contribution in [0.5, 0.6) is 0 Å². The van der Waals surface area contributed by atoms with E-state index in [1.807, 2.05) is 0 Å². The Bertz CT molecular complexity index is 164. The summed E-state index contributed by atoms with van der Waals surface area (Å²) in [6.45, 7) is 9.85. The van der Waals surface area contributed by atoms with Gasteiger partial charge < -0.3 is 4.90 Å². The molecule has 0 spiro atoms. The second kappa shape index (κ2) is 3.02. The van der Waals surface area contributed by atoms with Gasteiger partial charge in [0.1, 0.15) is 0 Å². The first-order valence-corrected chi connectivity index (χ1v) is 5.42. The predicted molar refractivity (Wildman–Crippen MR) is 52.1 cm³/mol. The molecule has 0 N–H and O–H groups in total. The number of nitrogens with zero attached hydrogens (tertiary/aromatic N) is 1. The van der Waals surface area contributed by atoms with Gasteiger partial charge in [-0.15, -0.1) is 0 Å². The van der Waals surface area contributed by atoms with Crippen LogP contribution in [-0.2, 0) is 0 Å². The molecule has 0 aromatic rings. The zero-order valence-electron chi connectivity index (χ0n) is 8.59. The van der Waals surface area contributed by atoms with Gasteiger partial charge >= 0.3 is 0 Å². The maximum atomic E-state index is 2.66. The van der Waals surface area contributed by atoms with Crippen molar-refractivity contribution in [3.8, 4) is 0 Å². The minimum atomic E-state index is 0.766. The minimum Gasteiger partial charge on any atom is -0.300 e. The Morgan fingerprint density at radius 2 is 1.92 bits per heavy atom. The molecule has 1 heterocycles. The quantitative estimate of drug-likeness (QED) is 0.579. The van der Waals surface area contributed by atoms with Crippen molar-refractivity contribution in [3.63, 3.8) is 0 Å². The molecule has 0 aromatic carbocycles. The van der Waals surface area contributed by atoms with E-state index in [1.54, 1.807) is 0 Å². The van der Waals surface area contributed by atoms with Gasteiger partial charge in [0, 0.05) is 19.1 Å². The van der Waals surface area contributed by atoms with Crippen LogP contribution in [0.1, 0.15) is 33.6 Å². The molecule has 1 heteroatoms. The van der Waals surface area contributed by atoms with Crippen LogP contribution in [-0.4, -0.2) is 24.0 Å². The van der Waals surface area contributed by atoms with Gasteiger partial charge in [-0.05, 0) is 38.0 Å². The number of hydrogen-bond donors (Lipinski definition) is 0. The number of fused-ring (bicyclic) bond motifs is 1. The van der Waals surface area contributed by atoms with Gasteiger partial charge in [0.15, 0.2) is 0 Å². The SMILES string of the molecule is CC1CCC2CN(C(C)C)CC12. The molecule has 0 aromatic heterocycles. The summed E-state index contributed by atoms with van der Waals surface area (Å²) in [5, 5.41) is 0.